The lowest BCUT2D eigenvalue weighted by molar-refractivity contribution is -0.130. The van der Waals surface area contributed by atoms with Crippen molar-refractivity contribution in [3.63, 3.8) is 0 Å². The van der Waals surface area contributed by atoms with Gasteiger partial charge in [-0.25, -0.2) is 4.98 Å². The van der Waals surface area contributed by atoms with Crippen molar-refractivity contribution in [3.05, 3.63) is 86.5 Å². The van der Waals surface area contributed by atoms with Crippen LogP contribution in [-0.4, -0.2) is 77.5 Å². The molecule has 4 aromatic rings. The summed E-state index contributed by atoms with van der Waals surface area (Å²) >= 11 is 21.3. The molecule has 1 atom stereocenters. The Bertz CT molecular complexity index is 1980. The first-order valence-corrected chi connectivity index (χ1v) is 19.1. The number of carbonyl (C=O) groups is 2. The number of nitrogens with one attached hydrogen (secondary N) is 2. The summed E-state index contributed by atoms with van der Waals surface area (Å²) in [7, 11) is 1.61. The smallest absolute Gasteiger partial charge is 0.220 e. The van der Waals surface area contributed by atoms with Crippen LogP contribution in [-0.2, 0) is 29.1 Å². The summed E-state index contributed by atoms with van der Waals surface area (Å²) in [4.78, 5) is 37.2. The number of amides is 2. The molecule has 0 bridgehead atoms. The maximum Gasteiger partial charge on any atom is 0.220 e. The molecule has 2 fully saturated rings. The van der Waals surface area contributed by atoms with Crippen molar-refractivity contribution >= 4 is 46.6 Å². The van der Waals surface area contributed by atoms with Crippen molar-refractivity contribution in [2.45, 2.75) is 58.2 Å². The Hall–Kier alpha value is -3.73. The van der Waals surface area contributed by atoms with E-state index in [0.717, 1.165) is 96.8 Å². The van der Waals surface area contributed by atoms with Crippen LogP contribution in [0.1, 0.15) is 49.3 Å². The minimum Gasteiger partial charge on any atom is -0.481 e. The van der Waals surface area contributed by atoms with Gasteiger partial charge in [-0.15, -0.1) is 0 Å². The highest BCUT2D eigenvalue weighted by Gasteiger charge is 2.27. The normalized spacial score (nSPS) is 18.0. The number of piperidine rings is 1. The summed E-state index contributed by atoms with van der Waals surface area (Å²) in [6.07, 6.45) is 6.15. The Morgan fingerprint density at radius 3 is 2.52 bits per heavy atom. The van der Waals surface area contributed by atoms with Crippen LogP contribution in [0.5, 0.6) is 5.88 Å². The molecule has 0 spiro atoms. The van der Waals surface area contributed by atoms with Crippen molar-refractivity contribution in [2.75, 3.05) is 39.8 Å². The SMILES string of the molecule is COc1nc(-c2cccc(-c3ccnc(-c4cc(Cl)c5c(c4)CCN(CC4CCN(C(C)=O)CC4)C5)c3Cl)c2Cl)ccc1CNCC1CCC(=O)N1. The number of hydrogen-bond acceptors (Lipinski definition) is 7. The van der Waals surface area contributed by atoms with Gasteiger partial charge in [-0.1, -0.05) is 59.1 Å². The van der Waals surface area contributed by atoms with Gasteiger partial charge in [-0.2, -0.15) is 0 Å². The average molecular weight is 762 g/mol. The number of carbonyl (C=O) groups excluding carboxylic acids is 2. The van der Waals surface area contributed by atoms with E-state index in [0.29, 0.717) is 52.7 Å². The minimum absolute atomic E-state index is 0.102. The van der Waals surface area contributed by atoms with Crippen LogP contribution >= 0.6 is 34.8 Å². The van der Waals surface area contributed by atoms with Gasteiger partial charge in [0.25, 0.3) is 0 Å². The van der Waals surface area contributed by atoms with Crippen molar-refractivity contribution in [3.8, 4) is 39.5 Å². The van der Waals surface area contributed by atoms with E-state index in [1.165, 1.54) is 5.56 Å². The summed E-state index contributed by atoms with van der Waals surface area (Å²) in [5.41, 5.74) is 7.78. The molecule has 12 heteroatoms. The number of ether oxygens (including phenoxy) is 1. The van der Waals surface area contributed by atoms with Crippen LogP contribution in [0.2, 0.25) is 15.1 Å². The predicted molar refractivity (Wildman–Crippen MR) is 207 cm³/mol. The number of rotatable bonds is 10. The Balaban J connectivity index is 1.08. The van der Waals surface area contributed by atoms with E-state index in [4.69, 9.17) is 49.5 Å². The Labute approximate surface area is 320 Å². The van der Waals surface area contributed by atoms with Gasteiger partial charge in [0.2, 0.25) is 17.7 Å². The monoisotopic (exact) mass is 760 g/mol. The van der Waals surface area contributed by atoms with Gasteiger partial charge in [-0.05, 0) is 67.0 Å². The first-order chi connectivity index (χ1) is 25.2. The van der Waals surface area contributed by atoms with E-state index in [9.17, 15) is 9.59 Å². The molecule has 52 heavy (non-hydrogen) atoms. The Kier molecular flexibility index (Phi) is 11.3. The number of aromatic nitrogens is 2. The third-order valence-electron chi connectivity index (χ3n) is 10.6. The molecule has 9 nitrogen and oxygen atoms in total. The molecule has 272 valence electrons. The van der Waals surface area contributed by atoms with Crippen LogP contribution in [0.25, 0.3) is 33.6 Å². The van der Waals surface area contributed by atoms with Crippen LogP contribution in [0.4, 0.5) is 0 Å². The molecule has 0 saturated carbocycles. The number of methoxy groups -OCH3 is 1. The molecule has 3 aliphatic rings. The van der Waals surface area contributed by atoms with Gasteiger partial charge < -0.3 is 20.3 Å². The van der Waals surface area contributed by atoms with E-state index >= 15 is 0 Å². The van der Waals surface area contributed by atoms with Crippen LogP contribution in [0.15, 0.2) is 54.7 Å². The largest absolute Gasteiger partial charge is 0.481 e. The molecule has 0 radical (unpaired) electrons. The van der Waals surface area contributed by atoms with E-state index in [1.807, 2.05) is 47.4 Å². The number of fused-ring (bicyclic) bond motifs is 1. The molecule has 2 saturated heterocycles. The number of benzene rings is 2. The zero-order valence-electron chi connectivity index (χ0n) is 29.5. The van der Waals surface area contributed by atoms with Gasteiger partial charge >= 0.3 is 0 Å². The first-order valence-electron chi connectivity index (χ1n) is 18.0. The third kappa shape index (κ3) is 7.94. The highest BCUT2D eigenvalue weighted by atomic mass is 35.5. The molecule has 2 aromatic carbocycles. The summed E-state index contributed by atoms with van der Waals surface area (Å²) in [5, 5.41) is 8.12. The van der Waals surface area contributed by atoms with Gasteiger partial charge in [-0.3, -0.25) is 19.5 Å². The van der Waals surface area contributed by atoms with Gasteiger partial charge in [0.1, 0.15) is 0 Å². The second-order valence-corrected chi connectivity index (χ2v) is 15.2. The summed E-state index contributed by atoms with van der Waals surface area (Å²) in [6.45, 7) is 7.37. The van der Waals surface area contributed by atoms with Crippen molar-refractivity contribution in [2.24, 2.45) is 5.92 Å². The van der Waals surface area contributed by atoms with E-state index < -0.39 is 0 Å². The lowest BCUT2D eigenvalue weighted by Crippen LogP contribution is -2.41. The molecule has 2 amide bonds. The van der Waals surface area contributed by atoms with Crippen molar-refractivity contribution in [1.29, 1.82) is 0 Å². The Morgan fingerprint density at radius 2 is 1.77 bits per heavy atom. The molecule has 2 N–H and O–H groups in total. The number of halogens is 3. The van der Waals surface area contributed by atoms with Gasteiger partial charge in [0.15, 0.2) is 0 Å². The number of hydrogen-bond donors (Lipinski definition) is 2. The maximum atomic E-state index is 11.7. The molecule has 3 aliphatic heterocycles. The lowest BCUT2D eigenvalue weighted by atomic mass is 9.92. The molecular weight excluding hydrogens is 719 g/mol. The van der Waals surface area contributed by atoms with Crippen LogP contribution < -0.4 is 15.4 Å². The first kappa shape index (κ1) is 36.6. The predicted octanol–water partition coefficient (Wildman–Crippen LogP) is 7.43. The second kappa shape index (κ2) is 16.1. The zero-order valence-corrected chi connectivity index (χ0v) is 31.8. The lowest BCUT2D eigenvalue weighted by Gasteiger charge is -2.36. The molecule has 5 heterocycles. The van der Waals surface area contributed by atoms with Crippen molar-refractivity contribution < 1.29 is 14.3 Å². The van der Waals surface area contributed by atoms with Crippen molar-refractivity contribution in [1.82, 2.24) is 30.4 Å². The minimum atomic E-state index is 0.102. The highest BCUT2D eigenvalue weighted by molar-refractivity contribution is 6.39. The molecule has 7 rings (SSSR count). The molecular formula is C40H43Cl3N6O3. The van der Waals surface area contributed by atoms with Crippen LogP contribution in [0.3, 0.4) is 0 Å². The van der Waals surface area contributed by atoms with Gasteiger partial charge in [0.05, 0.1) is 28.5 Å². The standard InChI is InChI=1S/C40H43Cl3N6O3/c1-24(50)49-16-11-25(12-17-49)22-48-15-13-26-18-28(19-34(41)33(26)23-48)39-38(43)31(10-14-45-39)30-4-3-5-32(37(30)42)35-8-6-27(40(47-35)52-2)20-44-21-29-7-9-36(51)46-29/h3-6,8,10,14,18-19,25,29,44H,7,9,11-13,15-17,20-23H2,1-2H3,(H,46,51). The summed E-state index contributed by atoms with van der Waals surface area (Å²) in [6, 6.07) is 15.9. The highest BCUT2D eigenvalue weighted by Crippen LogP contribution is 2.43. The number of nitrogens with zero attached hydrogens (tertiary/aromatic N) is 4. The fourth-order valence-electron chi connectivity index (χ4n) is 7.70. The maximum absolute atomic E-state index is 11.7. The zero-order chi connectivity index (χ0) is 36.4. The average Bonchev–Trinajstić information content (AvgIpc) is 3.57. The van der Waals surface area contributed by atoms with Gasteiger partial charge in [0, 0.05) is 104 Å². The Morgan fingerprint density at radius 1 is 0.981 bits per heavy atom. The van der Waals surface area contributed by atoms with Crippen LogP contribution in [0, 0.1) is 5.92 Å². The molecule has 0 aliphatic carbocycles. The summed E-state index contributed by atoms with van der Waals surface area (Å²) in [5.74, 6) is 1.37. The molecule has 2 aromatic heterocycles. The quantitative estimate of drug-likeness (QED) is 0.174. The van der Waals surface area contributed by atoms with E-state index in [-0.39, 0.29) is 17.9 Å². The summed E-state index contributed by atoms with van der Waals surface area (Å²) < 4.78 is 5.67. The second-order valence-electron chi connectivity index (χ2n) is 14.0. The fourth-order valence-corrected chi connectivity index (χ4v) is 8.64. The van der Waals surface area contributed by atoms with E-state index in [2.05, 4.69) is 21.6 Å². The number of pyridine rings is 2. The van der Waals surface area contributed by atoms with E-state index in [1.54, 1.807) is 20.2 Å². The fraction of sp³-hybridized carbons (Fsp3) is 0.400. The third-order valence-corrected chi connectivity index (χ3v) is 11.7. The number of likely N-dealkylation sites (tertiary alicyclic amines) is 1. The topological polar surface area (TPSA) is 99.7 Å². The molecule has 1 unspecified atom stereocenters.